The average molecular weight is 489 g/mol. The molecule has 0 saturated carbocycles. The Hall–Kier alpha value is -3.26. The van der Waals surface area contributed by atoms with Gasteiger partial charge in [-0.2, -0.15) is 4.31 Å². The van der Waals surface area contributed by atoms with Crippen molar-refractivity contribution in [1.29, 1.82) is 0 Å². The Balaban J connectivity index is 1.76. The highest BCUT2D eigenvalue weighted by Crippen LogP contribution is 2.35. The van der Waals surface area contributed by atoms with Crippen molar-refractivity contribution in [1.82, 2.24) is 9.62 Å². The number of rotatable bonds is 10. The number of carbonyl (C=O) groups is 1. The van der Waals surface area contributed by atoms with Gasteiger partial charge >= 0.3 is 0 Å². The summed E-state index contributed by atoms with van der Waals surface area (Å²) in [6.07, 6.45) is 5.75. The van der Waals surface area contributed by atoms with Crippen LogP contribution in [-0.4, -0.2) is 72.3 Å². The second-order valence-electron chi connectivity index (χ2n) is 7.37. The highest BCUT2D eigenvalue weighted by molar-refractivity contribution is 7.89. The number of amides is 1. The molecular weight excluding hydrogens is 460 g/mol. The van der Waals surface area contributed by atoms with Gasteiger partial charge in [-0.3, -0.25) is 4.79 Å². The minimum atomic E-state index is -3.84. The van der Waals surface area contributed by atoms with Crippen LogP contribution in [0.5, 0.6) is 17.2 Å². The zero-order valence-electron chi connectivity index (χ0n) is 19.2. The fourth-order valence-corrected chi connectivity index (χ4v) is 4.94. The maximum atomic E-state index is 13.1. The number of terminal acetylenes is 1. The van der Waals surface area contributed by atoms with E-state index >= 15 is 0 Å². The lowest BCUT2D eigenvalue weighted by Gasteiger charge is -2.26. The molecule has 3 rings (SSSR count). The van der Waals surface area contributed by atoms with Crippen molar-refractivity contribution in [2.75, 3.05) is 53.7 Å². The largest absolute Gasteiger partial charge is 0.493 e. The Morgan fingerprint density at radius 1 is 1.15 bits per heavy atom. The third-order valence-electron chi connectivity index (χ3n) is 5.25. The molecule has 2 aromatic rings. The fourth-order valence-electron chi connectivity index (χ4n) is 3.49. The van der Waals surface area contributed by atoms with Crippen LogP contribution in [0.25, 0.3) is 0 Å². The van der Waals surface area contributed by atoms with Crippen LogP contribution < -0.4 is 19.5 Å². The molecule has 9 nitrogen and oxygen atoms in total. The van der Waals surface area contributed by atoms with Gasteiger partial charge in [-0.15, -0.1) is 6.42 Å². The fraction of sp³-hybridized carbons (Fsp3) is 0.375. The van der Waals surface area contributed by atoms with Crippen molar-refractivity contribution >= 4 is 15.9 Å². The second kappa shape index (κ2) is 11.7. The molecule has 182 valence electrons. The van der Waals surface area contributed by atoms with Crippen LogP contribution in [0.1, 0.15) is 15.9 Å². The van der Waals surface area contributed by atoms with Gasteiger partial charge in [0.25, 0.3) is 5.91 Å². The molecule has 0 atom stereocenters. The van der Waals surface area contributed by atoms with Gasteiger partial charge in [0.15, 0.2) is 11.5 Å². The first kappa shape index (κ1) is 25.4. The van der Waals surface area contributed by atoms with E-state index < -0.39 is 15.9 Å². The Labute approximate surface area is 200 Å². The second-order valence-corrected chi connectivity index (χ2v) is 9.30. The first-order valence-electron chi connectivity index (χ1n) is 10.7. The first-order chi connectivity index (χ1) is 16.4. The standard InChI is InChI=1S/C24H28N2O7S/c1-4-13-33-19-7-5-18(6-8-19)9-10-25-24(27)21-16-20(17-22(30-2)23(21)31-3)34(28,29)26-11-14-32-15-12-26/h1,5-8,16-17H,9-15H2,2-3H3,(H,25,27). The van der Waals surface area contributed by atoms with Crippen molar-refractivity contribution in [3.8, 4) is 29.6 Å². The van der Waals surface area contributed by atoms with Gasteiger partial charge in [-0.1, -0.05) is 18.1 Å². The van der Waals surface area contributed by atoms with Gasteiger partial charge in [0, 0.05) is 25.7 Å². The number of sulfonamides is 1. The Morgan fingerprint density at radius 3 is 2.47 bits per heavy atom. The van der Waals surface area contributed by atoms with Crippen molar-refractivity contribution < 1.29 is 32.2 Å². The maximum Gasteiger partial charge on any atom is 0.255 e. The van der Waals surface area contributed by atoms with Crippen molar-refractivity contribution in [3.63, 3.8) is 0 Å². The molecule has 0 bridgehead atoms. The summed E-state index contributed by atoms with van der Waals surface area (Å²) in [7, 11) is -1.05. The number of benzene rings is 2. The lowest BCUT2D eigenvalue weighted by Crippen LogP contribution is -2.40. The Bertz CT molecular complexity index is 1140. The van der Waals surface area contributed by atoms with E-state index in [4.69, 9.17) is 25.4 Å². The number of hydrogen-bond acceptors (Lipinski definition) is 7. The van der Waals surface area contributed by atoms with E-state index in [0.29, 0.717) is 31.9 Å². The number of nitrogens with zero attached hydrogens (tertiary/aromatic N) is 1. The highest BCUT2D eigenvalue weighted by Gasteiger charge is 2.30. The molecule has 34 heavy (non-hydrogen) atoms. The van der Waals surface area contributed by atoms with Crippen LogP contribution in [0, 0.1) is 12.3 Å². The topological polar surface area (TPSA) is 103 Å². The minimum Gasteiger partial charge on any atom is -0.493 e. The predicted molar refractivity (Wildman–Crippen MR) is 126 cm³/mol. The van der Waals surface area contributed by atoms with E-state index in [9.17, 15) is 13.2 Å². The zero-order chi connectivity index (χ0) is 24.6. The summed E-state index contributed by atoms with van der Waals surface area (Å²) in [6, 6.07) is 10.1. The smallest absolute Gasteiger partial charge is 0.255 e. The van der Waals surface area contributed by atoms with Crippen molar-refractivity contribution in [3.05, 3.63) is 47.5 Å². The molecule has 1 aliphatic rings. The predicted octanol–water partition coefficient (Wildman–Crippen LogP) is 1.71. The third kappa shape index (κ3) is 5.99. The van der Waals surface area contributed by atoms with Crippen LogP contribution in [0.4, 0.5) is 0 Å². The van der Waals surface area contributed by atoms with E-state index in [1.54, 1.807) is 0 Å². The molecule has 1 N–H and O–H groups in total. The minimum absolute atomic E-state index is 0.0419. The van der Waals surface area contributed by atoms with Crippen LogP contribution >= 0.6 is 0 Å². The van der Waals surface area contributed by atoms with E-state index in [1.807, 2.05) is 24.3 Å². The van der Waals surface area contributed by atoms with E-state index in [-0.39, 0.29) is 41.7 Å². The summed E-state index contributed by atoms with van der Waals surface area (Å²) < 4.78 is 48.9. The number of morpholine rings is 1. The Morgan fingerprint density at radius 2 is 1.85 bits per heavy atom. The van der Waals surface area contributed by atoms with Gasteiger partial charge in [-0.05, 0) is 30.2 Å². The van der Waals surface area contributed by atoms with Gasteiger partial charge in [-0.25, -0.2) is 8.42 Å². The lowest BCUT2D eigenvalue weighted by molar-refractivity contribution is 0.0730. The van der Waals surface area contributed by atoms with Gasteiger partial charge in [0.2, 0.25) is 10.0 Å². The van der Waals surface area contributed by atoms with Crippen LogP contribution in [0.2, 0.25) is 0 Å². The highest BCUT2D eigenvalue weighted by atomic mass is 32.2. The van der Waals surface area contributed by atoms with Crippen LogP contribution in [0.3, 0.4) is 0 Å². The molecule has 1 fully saturated rings. The molecule has 1 heterocycles. The summed E-state index contributed by atoms with van der Waals surface area (Å²) in [6.45, 7) is 1.64. The summed E-state index contributed by atoms with van der Waals surface area (Å²) in [4.78, 5) is 13.0. The zero-order valence-corrected chi connectivity index (χ0v) is 20.0. The SMILES string of the molecule is C#CCOc1ccc(CCNC(=O)c2cc(S(=O)(=O)N3CCOCC3)cc(OC)c2OC)cc1. The Kier molecular flexibility index (Phi) is 8.76. The molecule has 0 spiro atoms. The number of nitrogens with one attached hydrogen (secondary N) is 1. The molecular formula is C24H28N2O7S. The summed E-state index contributed by atoms with van der Waals surface area (Å²) in [5.41, 5.74) is 1.06. The first-order valence-corrected chi connectivity index (χ1v) is 12.1. The van der Waals surface area contributed by atoms with Crippen molar-refractivity contribution in [2.24, 2.45) is 0 Å². The summed E-state index contributed by atoms with van der Waals surface area (Å²) in [5.74, 6) is 2.93. The number of hydrogen-bond donors (Lipinski definition) is 1. The van der Waals surface area contributed by atoms with E-state index in [1.165, 1.54) is 30.7 Å². The number of ether oxygens (including phenoxy) is 4. The molecule has 0 radical (unpaired) electrons. The molecule has 1 saturated heterocycles. The molecule has 1 amide bonds. The average Bonchev–Trinajstić information content (AvgIpc) is 2.87. The van der Waals surface area contributed by atoms with Gasteiger partial charge < -0.3 is 24.3 Å². The molecule has 2 aromatic carbocycles. The molecule has 0 aromatic heterocycles. The monoisotopic (exact) mass is 488 g/mol. The van der Waals surface area contributed by atoms with Gasteiger partial charge in [0.05, 0.1) is 37.9 Å². The van der Waals surface area contributed by atoms with E-state index in [0.717, 1.165) is 5.56 Å². The summed E-state index contributed by atoms with van der Waals surface area (Å²) in [5, 5.41) is 2.82. The molecule has 0 unspecified atom stereocenters. The van der Waals surface area contributed by atoms with Crippen LogP contribution in [0.15, 0.2) is 41.3 Å². The normalized spacial score (nSPS) is 14.1. The lowest BCUT2D eigenvalue weighted by atomic mass is 10.1. The quantitative estimate of drug-likeness (QED) is 0.508. The summed E-state index contributed by atoms with van der Waals surface area (Å²) >= 11 is 0. The third-order valence-corrected chi connectivity index (χ3v) is 7.13. The van der Waals surface area contributed by atoms with Crippen LogP contribution in [-0.2, 0) is 21.2 Å². The van der Waals surface area contributed by atoms with Gasteiger partial charge in [0.1, 0.15) is 12.4 Å². The maximum absolute atomic E-state index is 13.1. The van der Waals surface area contributed by atoms with E-state index in [2.05, 4.69) is 11.2 Å². The number of methoxy groups -OCH3 is 2. The molecule has 1 aliphatic heterocycles. The molecule has 0 aliphatic carbocycles. The number of carbonyl (C=O) groups excluding carboxylic acids is 1. The van der Waals surface area contributed by atoms with Crippen molar-refractivity contribution in [2.45, 2.75) is 11.3 Å². The molecule has 10 heteroatoms.